The lowest BCUT2D eigenvalue weighted by atomic mass is 10.5. The van der Waals surface area contributed by atoms with Gasteiger partial charge in [-0.1, -0.05) is 6.07 Å². The van der Waals surface area contributed by atoms with Crippen molar-refractivity contribution in [2.75, 3.05) is 6.54 Å². The first kappa shape index (κ1) is 7.53. The SMILES string of the molecule is O=CCN=Nc1ccccn1. The van der Waals surface area contributed by atoms with Gasteiger partial charge in [0.2, 0.25) is 0 Å². The van der Waals surface area contributed by atoms with Crippen molar-refractivity contribution in [3.8, 4) is 0 Å². The molecule has 1 rings (SSSR count). The number of aromatic nitrogens is 1. The molecule has 4 heteroatoms. The second kappa shape index (κ2) is 4.27. The van der Waals surface area contributed by atoms with Gasteiger partial charge in [-0.05, 0) is 12.1 Å². The van der Waals surface area contributed by atoms with Crippen molar-refractivity contribution in [2.45, 2.75) is 0 Å². The molecule has 0 unspecified atom stereocenters. The number of carbonyl (C=O) groups is 1. The predicted octanol–water partition coefficient (Wildman–Crippen LogP) is 1.36. The summed E-state index contributed by atoms with van der Waals surface area (Å²) in [4.78, 5) is 13.7. The van der Waals surface area contributed by atoms with E-state index in [9.17, 15) is 4.79 Å². The lowest BCUT2D eigenvalue weighted by Gasteiger charge is -1.85. The highest BCUT2D eigenvalue weighted by molar-refractivity contribution is 5.51. The van der Waals surface area contributed by atoms with Gasteiger partial charge < -0.3 is 4.79 Å². The summed E-state index contributed by atoms with van der Waals surface area (Å²) in [5, 5.41) is 7.23. The second-order valence-electron chi connectivity index (χ2n) is 1.78. The van der Waals surface area contributed by atoms with Crippen LogP contribution in [-0.2, 0) is 4.79 Å². The molecule has 0 amide bonds. The third-order valence-electron chi connectivity index (χ3n) is 0.979. The van der Waals surface area contributed by atoms with Crippen molar-refractivity contribution >= 4 is 12.1 Å². The molecule has 0 N–H and O–H groups in total. The van der Waals surface area contributed by atoms with E-state index in [1.807, 2.05) is 6.07 Å². The minimum absolute atomic E-state index is 0.0938. The van der Waals surface area contributed by atoms with E-state index in [-0.39, 0.29) is 6.54 Å². The van der Waals surface area contributed by atoms with Crippen LogP contribution in [0.2, 0.25) is 0 Å². The van der Waals surface area contributed by atoms with Gasteiger partial charge in [0.15, 0.2) is 5.82 Å². The van der Waals surface area contributed by atoms with E-state index >= 15 is 0 Å². The van der Waals surface area contributed by atoms with Crippen molar-refractivity contribution in [1.82, 2.24) is 4.98 Å². The summed E-state index contributed by atoms with van der Waals surface area (Å²) in [6.07, 6.45) is 2.31. The van der Waals surface area contributed by atoms with Crippen LogP contribution in [0.15, 0.2) is 34.6 Å². The van der Waals surface area contributed by atoms with E-state index < -0.39 is 0 Å². The zero-order valence-electron chi connectivity index (χ0n) is 5.84. The van der Waals surface area contributed by atoms with E-state index in [1.165, 1.54) is 0 Å². The molecule has 0 aliphatic rings. The molecule has 0 spiro atoms. The van der Waals surface area contributed by atoms with Crippen LogP contribution in [0.25, 0.3) is 0 Å². The molecule has 1 heterocycles. The Balaban J connectivity index is 2.57. The Kier molecular flexibility index (Phi) is 2.92. The number of nitrogens with zero attached hydrogens (tertiary/aromatic N) is 3. The summed E-state index contributed by atoms with van der Waals surface area (Å²) >= 11 is 0. The standard InChI is InChI=1S/C7H7N3O/c11-6-5-9-10-7-3-1-2-4-8-7/h1-4,6H,5H2. The molecule has 56 valence electrons. The Morgan fingerprint density at radius 3 is 3.09 bits per heavy atom. The van der Waals surface area contributed by atoms with Crippen LogP contribution >= 0.6 is 0 Å². The number of hydrogen-bond donors (Lipinski definition) is 0. The normalized spacial score (nSPS) is 10.2. The summed E-state index contributed by atoms with van der Waals surface area (Å²) in [7, 11) is 0. The Labute approximate surface area is 64.0 Å². The molecular weight excluding hydrogens is 142 g/mol. The number of pyridine rings is 1. The molecule has 0 fully saturated rings. The molecule has 0 saturated heterocycles. The van der Waals surface area contributed by atoms with Gasteiger partial charge in [-0.15, -0.1) is 5.11 Å². The summed E-state index contributed by atoms with van der Waals surface area (Å²) in [6, 6.07) is 5.31. The molecule has 4 nitrogen and oxygen atoms in total. The first-order chi connectivity index (χ1) is 5.43. The maximum absolute atomic E-state index is 9.82. The van der Waals surface area contributed by atoms with Gasteiger partial charge in [0.1, 0.15) is 12.8 Å². The van der Waals surface area contributed by atoms with Gasteiger partial charge in [0.25, 0.3) is 0 Å². The summed E-state index contributed by atoms with van der Waals surface area (Å²) in [6.45, 7) is 0.0938. The van der Waals surface area contributed by atoms with Gasteiger partial charge in [0.05, 0.1) is 0 Å². The lowest BCUT2D eigenvalue weighted by molar-refractivity contribution is -0.106. The highest BCUT2D eigenvalue weighted by Gasteiger charge is 1.84. The maximum Gasteiger partial charge on any atom is 0.173 e. The molecule has 1 aromatic heterocycles. The average molecular weight is 149 g/mol. The molecule has 0 aliphatic heterocycles. The molecular formula is C7H7N3O. The molecule has 0 bridgehead atoms. The van der Waals surface area contributed by atoms with E-state index in [0.717, 1.165) is 0 Å². The maximum atomic E-state index is 9.82. The highest BCUT2D eigenvalue weighted by atomic mass is 16.1. The van der Waals surface area contributed by atoms with E-state index in [1.54, 1.807) is 18.3 Å². The molecule has 0 aromatic carbocycles. The van der Waals surface area contributed by atoms with Crippen molar-refractivity contribution in [3.05, 3.63) is 24.4 Å². The van der Waals surface area contributed by atoms with Gasteiger partial charge in [-0.3, -0.25) is 0 Å². The zero-order valence-corrected chi connectivity index (χ0v) is 5.84. The van der Waals surface area contributed by atoms with Crippen LogP contribution < -0.4 is 0 Å². The quantitative estimate of drug-likeness (QED) is 0.481. The minimum atomic E-state index is 0.0938. The first-order valence-corrected chi connectivity index (χ1v) is 3.15. The van der Waals surface area contributed by atoms with Crippen molar-refractivity contribution in [2.24, 2.45) is 10.2 Å². The Bertz CT molecular complexity index is 245. The molecule has 0 radical (unpaired) electrons. The number of rotatable bonds is 3. The fourth-order valence-electron chi connectivity index (χ4n) is 0.560. The first-order valence-electron chi connectivity index (χ1n) is 3.15. The fraction of sp³-hybridized carbons (Fsp3) is 0.143. The number of aldehydes is 1. The highest BCUT2D eigenvalue weighted by Crippen LogP contribution is 2.04. The molecule has 0 atom stereocenters. The Hall–Kier alpha value is -1.58. The van der Waals surface area contributed by atoms with E-state index in [4.69, 9.17) is 0 Å². The van der Waals surface area contributed by atoms with Gasteiger partial charge in [0, 0.05) is 6.20 Å². The third-order valence-corrected chi connectivity index (χ3v) is 0.979. The van der Waals surface area contributed by atoms with Crippen molar-refractivity contribution in [3.63, 3.8) is 0 Å². The smallest absolute Gasteiger partial charge is 0.173 e. The topological polar surface area (TPSA) is 54.7 Å². The van der Waals surface area contributed by atoms with Gasteiger partial charge in [-0.2, -0.15) is 5.11 Å². The average Bonchev–Trinajstić information content (AvgIpc) is 2.07. The van der Waals surface area contributed by atoms with E-state index in [0.29, 0.717) is 12.1 Å². The van der Waals surface area contributed by atoms with Crippen LogP contribution in [0.3, 0.4) is 0 Å². The van der Waals surface area contributed by atoms with Crippen LogP contribution in [0.5, 0.6) is 0 Å². The van der Waals surface area contributed by atoms with Crippen LogP contribution in [0.4, 0.5) is 5.82 Å². The summed E-state index contributed by atoms with van der Waals surface area (Å²) in [5.41, 5.74) is 0. The third kappa shape index (κ3) is 2.66. The predicted molar refractivity (Wildman–Crippen MR) is 39.7 cm³/mol. The van der Waals surface area contributed by atoms with Gasteiger partial charge >= 0.3 is 0 Å². The Morgan fingerprint density at radius 1 is 1.55 bits per heavy atom. The lowest BCUT2D eigenvalue weighted by Crippen LogP contribution is -1.76. The largest absolute Gasteiger partial charge is 0.301 e. The zero-order chi connectivity index (χ0) is 7.94. The Morgan fingerprint density at radius 2 is 2.45 bits per heavy atom. The minimum Gasteiger partial charge on any atom is -0.301 e. The molecule has 1 aromatic rings. The molecule has 11 heavy (non-hydrogen) atoms. The number of hydrogen-bond acceptors (Lipinski definition) is 4. The summed E-state index contributed by atoms with van der Waals surface area (Å²) in [5.74, 6) is 0.523. The van der Waals surface area contributed by atoms with Crippen LogP contribution in [0, 0.1) is 0 Å². The second-order valence-corrected chi connectivity index (χ2v) is 1.78. The van der Waals surface area contributed by atoms with Gasteiger partial charge in [-0.25, -0.2) is 4.98 Å². The number of carbonyl (C=O) groups excluding carboxylic acids is 1. The van der Waals surface area contributed by atoms with Crippen LogP contribution in [0.1, 0.15) is 0 Å². The molecule has 0 aliphatic carbocycles. The van der Waals surface area contributed by atoms with Crippen LogP contribution in [-0.4, -0.2) is 17.8 Å². The molecule has 0 saturated carbocycles. The van der Waals surface area contributed by atoms with Crippen molar-refractivity contribution in [1.29, 1.82) is 0 Å². The fourth-order valence-corrected chi connectivity index (χ4v) is 0.560. The summed E-state index contributed by atoms with van der Waals surface area (Å²) < 4.78 is 0. The van der Waals surface area contributed by atoms with E-state index in [2.05, 4.69) is 15.2 Å². The monoisotopic (exact) mass is 149 g/mol. The van der Waals surface area contributed by atoms with Crippen molar-refractivity contribution < 1.29 is 4.79 Å². The number of azo groups is 1.